The van der Waals surface area contributed by atoms with E-state index in [9.17, 15) is 4.79 Å². The number of fused-ring (bicyclic) bond motifs is 1. The van der Waals surface area contributed by atoms with Crippen molar-refractivity contribution in [2.45, 2.75) is 0 Å². The van der Waals surface area contributed by atoms with E-state index < -0.39 is 0 Å². The van der Waals surface area contributed by atoms with Gasteiger partial charge >= 0.3 is 0 Å². The monoisotopic (exact) mass is 365 g/mol. The van der Waals surface area contributed by atoms with Gasteiger partial charge in [0.15, 0.2) is 0 Å². The lowest BCUT2D eigenvalue weighted by molar-refractivity contribution is 1.40. The molecule has 0 saturated carbocycles. The van der Waals surface area contributed by atoms with Gasteiger partial charge in [-0.1, -0.05) is 35.6 Å². The Morgan fingerprint density at radius 2 is 1.72 bits per heavy atom. The Hall–Kier alpha value is -1.27. The normalized spacial score (nSPS) is 10.7. The zero-order valence-electron chi connectivity index (χ0n) is 9.26. The maximum atomic E-state index is 12.1. The molecule has 0 amide bonds. The number of benzene rings is 2. The van der Waals surface area contributed by atoms with Crippen LogP contribution in [-0.2, 0) is 0 Å². The first-order chi connectivity index (χ1) is 8.74. The molecule has 0 N–H and O–H groups in total. The smallest absolute Gasteiger partial charge is 0.259 e. The molecule has 0 aliphatic heterocycles. The van der Waals surface area contributed by atoms with E-state index in [1.807, 2.05) is 48.5 Å². The van der Waals surface area contributed by atoms with Crippen LogP contribution in [0.1, 0.15) is 0 Å². The first-order valence-corrected chi connectivity index (χ1v) is 7.29. The number of para-hydroxylation sites is 1. The van der Waals surface area contributed by atoms with Crippen LogP contribution in [0.5, 0.6) is 0 Å². The molecule has 0 aliphatic rings. The maximum absolute atomic E-state index is 12.1. The average Bonchev–Trinajstić information content (AvgIpc) is 2.39. The Morgan fingerprint density at radius 1 is 1.00 bits per heavy atom. The van der Waals surface area contributed by atoms with Crippen LogP contribution in [0.2, 0.25) is 0 Å². The van der Waals surface area contributed by atoms with Gasteiger partial charge in [0.2, 0.25) is 0 Å². The van der Waals surface area contributed by atoms with Gasteiger partial charge in [-0.25, -0.2) is 4.98 Å². The topological polar surface area (TPSA) is 30.0 Å². The molecule has 0 unspecified atom stereocenters. The highest BCUT2D eigenvalue weighted by atomic mass is 127. The van der Waals surface area contributed by atoms with Crippen molar-refractivity contribution in [3.63, 3.8) is 0 Å². The standard InChI is InChI=1S/C14H8INOS/c15-10-7-5-9(6-8-10)13-14(17)18-12-4-2-1-3-11(12)16-13/h1-8H. The molecule has 18 heavy (non-hydrogen) atoms. The average molecular weight is 365 g/mol. The lowest BCUT2D eigenvalue weighted by Gasteiger charge is -2.01. The van der Waals surface area contributed by atoms with Gasteiger partial charge in [0.25, 0.3) is 4.74 Å². The Morgan fingerprint density at radius 3 is 2.50 bits per heavy atom. The number of halogens is 1. The summed E-state index contributed by atoms with van der Waals surface area (Å²) in [6.07, 6.45) is 0. The van der Waals surface area contributed by atoms with Gasteiger partial charge in [0, 0.05) is 9.13 Å². The highest BCUT2D eigenvalue weighted by Gasteiger charge is 2.07. The predicted molar refractivity (Wildman–Crippen MR) is 84.0 cm³/mol. The van der Waals surface area contributed by atoms with Crippen LogP contribution in [0.15, 0.2) is 53.3 Å². The summed E-state index contributed by atoms with van der Waals surface area (Å²) in [7, 11) is 0. The fourth-order valence-corrected chi connectivity index (χ4v) is 2.92. The van der Waals surface area contributed by atoms with Crippen molar-refractivity contribution in [1.82, 2.24) is 4.98 Å². The molecule has 0 spiro atoms. The molecule has 0 radical (unpaired) electrons. The molecule has 0 atom stereocenters. The van der Waals surface area contributed by atoms with Crippen LogP contribution in [0.3, 0.4) is 0 Å². The van der Waals surface area contributed by atoms with Crippen LogP contribution < -0.4 is 4.74 Å². The molecule has 0 aliphatic carbocycles. The third-order valence-corrected chi connectivity index (χ3v) is 4.27. The lowest BCUT2D eigenvalue weighted by Crippen LogP contribution is -2.02. The van der Waals surface area contributed by atoms with Crippen LogP contribution in [0.4, 0.5) is 0 Å². The number of hydrogen-bond acceptors (Lipinski definition) is 3. The van der Waals surface area contributed by atoms with Crippen molar-refractivity contribution in [2.24, 2.45) is 0 Å². The summed E-state index contributed by atoms with van der Waals surface area (Å²) in [5.41, 5.74) is 2.29. The van der Waals surface area contributed by atoms with Gasteiger partial charge in [-0.3, -0.25) is 4.79 Å². The van der Waals surface area contributed by atoms with E-state index in [2.05, 4.69) is 27.6 Å². The fourth-order valence-electron chi connectivity index (χ4n) is 1.74. The molecule has 1 heterocycles. The summed E-state index contributed by atoms with van der Waals surface area (Å²) in [6.45, 7) is 0. The summed E-state index contributed by atoms with van der Waals surface area (Å²) in [5.74, 6) is 0. The Labute approximate surface area is 121 Å². The van der Waals surface area contributed by atoms with E-state index in [1.165, 1.54) is 11.3 Å². The third-order valence-electron chi connectivity index (χ3n) is 2.61. The van der Waals surface area contributed by atoms with Crippen LogP contribution in [0, 0.1) is 3.57 Å². The van der Waals surface area contributed by atoms with E-state index in [4.69, 9.17) is 0 Å². The van der Waals surface area contributed by atoms with Crippen LogP contribution in [-0.4, -0.2) is 4.98 Å². The second-order valence-electron chi connectivity index (χ2n) is 3.82. The Balaban J connectivity index is 2.26. The SMILES string of the molecule is O=c1sc2ccccc2nc1-c1ccc(I)cc1. The number of hydrogen-bond donors (Lipinski definition) is 0. The van der Waals surface area contributed by atoms with Crippen molar-refractivity contribution in [3.05, 3.63) is 61.6 Å². The van der Waals surface area contributed by atoms with Gasteiger partial charge in [-0.05, 0) is 46.9 Å². The lowest BCUT2D eigenvalue weighted by atomic mass is 10.2. The van der Waals surface area contributed by atoms with Crippen molar-refractivity contribution in [2.75, 3.05) is 0 Å². The van der Waals surface area contributed by atoms with Gasteiger partial charge in [0.1, 0.15) is 5.69 Å². The molecule has 0 saturated heterocycles. The second-order valence-corrected chi connectivity index (χ2v) is 6.08. The quantitative estimate of drug-likeness (QED) is 0.612. The number of aromatic nitrogens is 1. The van der Waals surface area contributed by atoms with E-state index in [-0.39, 0.29) is 4.74 Å². The van der Waals surface area contributed by atoms with Crippen molar-refractivity contribution in [3.8, 4) is 11.3 Å². The number of nitrogens with zero attached hydrogens (tertiary/aromatic N) is 1. The Kier molecular flexibility index (Phi) is 3.13. The third kappa shape index (κ3) is 2.18. The van der Waals surface area contributed by atoms with Gasteiger partial charge < -0.3 is 0 Å². The number of rotatable bonds is 1. The summed E-state index contributed by atoms with van der Waals surface area (Å²) >= 11 is 3.49. The first-order valence-electron chi connectivity index (χ1n) is 5.40. The second kappa shape index (κ2) is 4.78. The summed E-state index contributed by atoms with van der Waals surface area (Å²) in [5, 5.41) is 0. The zero-order chi connectivity index (χ0) is 12.5. The predicted octanol–water partition coefficient (Wildman–Crippen LogP) is 3.93. The van der Waals surface area contributed by atoms with E-state index in [1.54, 1.807) is 0 Å². The summed E-state index contributed by atoms with van der Waals surface area (Å²) in [4.78, 5) is 16.5. The van der Waals surface area contributed by atoms with Crippen molar-refractivity contribution in [1.29, 1.82) is 0 Å². The molecule has 2 nitrogen and oxygen atoms in total. The molecule has 0 fully saturated rings. The highest BCUT2D eigenvalue weighted by Crippen LogP contribution is 2.20. The summed E-state index contributed by atoms with van der Waals surface area (Å²) < 4.78 is 2.08. The Bertz CT molecular complexity index is 765. The minimum absolute atomic E-state index is 0.00917. The van der Waals surface area contributed by atoms with E-state index in [0.717, 1.165) is 19.4 Å². The molecule has 3 rings (SSSR count). The molecule has 88 valence electrons. The first kappa shape index (κ1) is 11.8. The fraction of sp³-hybridized carbons (Fsp3) is 0. The van der Waals surface area contributed by atoms with E-state index >= 15 is 0 Å². The molecular formula is C14H8INOS. The molecular weight excluding hydrogens is 357 g/mol. The molecule has 0 bridgehead atoms. The van der Waals surface area contributed by atoms with Crippen LogP contribution >= 0.6 is 33.9 Å². The minimum atomic E-state index is 0.00917. The highest BCUT2D eigenvalue weighted by molar-refractivity contribution is 14.1. The van der Waals surface area contributed by atoms with Gasteiger partial charge in [-0.2, -0.15) is 0 Å². The van der Waals surface area contributed by atoms with Gasteiger partial charge in [-0.15, -0.1) is 0 Å². The van der Waals surface area contributed by atoms with Crippen molar-refractivity contribution < 1.29 is 0 Å². The van der Waals surface area contributed by atoms with E-state index in [0.29, 0.717) is 5.69 Å². The minimum Gasteiger partial charge on any atom is -0.275 e. The van der Waals surface area contributed by atoms with Crippen LogP contribution in [0.25, 0.3) is 21.5 Å². The maximum Gasteiger partial charge on any atom is 0.259 e. The van der Waals surface area contributed by atoms with Gasteiger partial charge in [0.05, 0.1) is 10.2 Å². The zero-order valence-corrected chi connectivity index (χ0v) is 12.2. The molecule has 1 aromatic heterocycles. The largest absolute Gasteiger partial charge is 0.275 e. The molecule has 2 aromatic carbocycles. The van der Waals surface area contributed by atoms with Crippen molar-refractivity contribution >= 4 is 44.1 Å². The molecule has 4 heteroatoms. The summed E-state index contributed by atoms with van der Waals surface area (Å²) in [6, 6.07) is 15.6. The molecule has 3 aromatic rings.